The summed E-state index contributed by atoms with van der Waals surface area (Å²) in [6, 6.07) is 30.2. The van der Waals surface area contributed by atoms with Gasteiger partial charge in [0.25, 0.3) is 0 Å². The SMILES string of the molecule is O=C(O)NC1(c2ccc(-c3c(-c4cc5ccccc5o4)nc4n3-c3cccnc3Nc3ccccc3-4)cc2)CCC1. The van der Waals surface area contributed by atoms with Gasteiger partial charge in [0.05, 0.1) is 22.6 Å². The van der Waals surface area contributed by atoms with Gasteiger partial charge in [-0.1, -0.05) is 54.6 Å². The molecule has 6 aromatic rings. The Balaban J connectivity index is 1.39. The van der Waals surface area contributed by atoms with Gasteiger partial charge in [0.2, 0.25) is 0 Å². The van der Waals surface area contributed by atoms with Crippen molar-refractivity contribution < 1.29 is 14.3 Å². The van der Waals surface area contributed by atoms with E-state index in [1.807, 2.05) is 72.8 Å². The molecule has 3 aromatic heterocycles. The largest absolute Gasteiger partial charge is 0.465 e. The number of hydrogen-bond donors (Lipinski definition) is 3. The Bertz CT molecular complexity index is 1930. The van der Waals surface area contributed by atoms with Crippen molar-refractivity contribution >= 4 is 28.6 Å². The van der Waals surface area contributed by atoms with Gasteiger partial charge in [-0.05, 0) is 61.2 Å². The number of carbonyl (C=O) groups is 1. The van der Waals surface area contributed by atoms with Crippen LogP contribution in [0.3, 0.4) is 0 Å². The number of rotatable bonds is 4. The predicted molar refractivity (Wildman–Crippen MR) is 157 cm³/mol. The first-order chi connectivity index (χ1) is 20.1. The van der Waals surface area contributed by atoms with Gasteiger partial charge in [-0.25, -0.2) is 14.8 Å². The molecule has 0 bridgehead atoms. The summed E-state index contributed by atoms with van der Waals surface area (Å²) in [5.41, 5.74) is 6.47. The van der Waals surface area contributed by atoms with Gasteiger partial charge in [-0.15, -0.1) is 0 Å². The van der Waals surface area contributed by atoms with Crippen molar-refractivity contribution in [3.8, 4) is 39.8 Å². The van der Waals surface area contributed by atoms with Crippen LogP contribution in [0.2, 0.25) is 0 Å². The Morgan fingerprint density at radius 3 is 2.56 bits per heavy atom. The Labute approximate surface area is 235 Å². The minimum Gasteiger partial charge on any atom is -0.465 e. The highest BCUT2D eigenvalue weighted by Crippen LogP contribution is 2.46. The van der Waals surface area contributed by atoms with Crippen LogP contribution in [0.4, 0.5) is 16.3 Å². The van der Waals surface area contributed by atoms with E-state index in [2.05, 4.69) is 38.4 Å². The van der Waals surface area contributed by atoms with Gasteiger partial charge in [-0.2, -0.15) is 0 Å². The maximum atomic E-state index is 11.6. The van der Waals surface area contributed by atoms with Crippen LogP contribution in [0.1, 0.15) is 24.8 Å². The molecule has 41 heavy (non-hydrogen) atoms. The van der Waals surface area contributed by atoms with Gasteiger partial charge in [0.15, 0.2) is 11.6 Å². The molecular weight excluding hydrogens is 514 g/mol. The van der Waals surface area contributed by atoms with Gasteiger partial charge < -0.3 is 20.2 Å². The first-order valence-electron chi connectivity index (χ1n) is 13.7. The molecule has 8 rings (SSSR count). The van der Waals surface area contributed by atoms with E-state index in [1.165, 1.54) is 0 Å². The van der Waals surface area contributed by atoms with Crippen molar-refractivity contribution in [1.29, 1.82) is 0 Å². The third kappa shape index (κ3) is 3.64. The zero-order valence-corrected chi connectivity index (χ0v) is 22.0. The number of fused-ring (bicyclic) bond motifs is 6. The van der Waals surface area contributed by atoms with Crippen molar-refractivity contribution in [3.63, 3.8) is 0 Å². The number of nitrogens with zero attached hydrogens (tertiary/aromatic N) is 3. The number of carboxylic acid groups (broad SMARTS) is 1. The number of aromatic nitrogens is 3. The summed E-state index contributed by atoms with van der Waals surface area (Å²) in [6.45, 7) is 0. The van der Waals surface area contributed by atoms with Gasteiger partial charge in [0, 0.05) is 22.7 Å². The van der Waals surface area contributed by atoms with E-state index in [9.17, 15) is 9.90 Å². The first kappa shape index (κ1) is 23.5. The molecule has 0 saturated heterocycles. The smallest absolute Gasteiger partial charge is 0.405 e. The highest BCUT2D eigenvalue weighted by atomic mass is 16.4. The molecule has 8 nitrogen and oxygen atoms in total. The molecule has 3 N–H and O–H groups in total. The van der Waals surface area contributed by atoms with Crippen LogP contribution in [-0.4, -0.2) is 25.7 Å². The zero-order chi connectivity index (χ0) is 27.6. The summed E-state index contributed by atoms with van der Waals surface area (Å²) in [5, 5.41) is 16.8. The van der Waals surface area contributed by atoms with Crippen LogP contribution < -0.4 is 10.6 Å². The second-order valence-corrected chi connectivity index (χ2v) is 10.6. The lowest BCUT2D eigenvalue weighted by Crippen LogP contribution is -2.50. The second kappa shape index (κ2) is 8.82. The molecule has 0 atom stereocenters. The Morgan fingerprint density at radius 2 is 1.78 bits per heavy atom. The number of nitrogens with one attached hydrogen (secondary N) is 2. The lowest BCUT2D eigenvalue weighted by atomic mass is 9.72. The molecule has 1 aliphatic carbocycles. The van der Waals surface area contributed by atoms with E-state index in [0.29, 0.717) is 5.76 Å². The fourth-order valence-electron chi connectivity index (χ4n) is 6.13. The quantitative estimate of drug-likeness (QED) is 0.211. The average molecular weight is 540 g/mol. The highest BCUT2D eigenvalue weighted by Gasteiger charge is 2.40. The third-order valence-electron chi connectivity index (χ3n) is 8.25. The molecule has 1 amide bonds. The third-order valence-corrected chi connectivity index (χ3v) is 8.25. The van der Waals surface area contributed by atoms with E-state index in [0.717, 1.165) is 81.3 Å². The van der Waals surface area contributed by atoms with Crippen molar-refractivity contribution in [2.75, 3.05) is 5.32 Å². The molecule has 1 saturated carbocycles. The van der Waals surface area contributed by atoms with Crippen molar-refractivity contribution in [3.05, 3.63) is 103 Å². The van der Waals surface area contributed by atoms with E-state index < -0.39 is 11.6 Å². The topological polar surface area (TPSA) is 105 Å². The van der Waals surface area contributed by atoms with Gasteiger partial charge in [0.1, 0.15) is 17.1 Å². The second-order valence-electron chi connectivity index (χ2n) is 10.6. The van der Waals surface area contributed by atoms with Crippen LogP contribution >= 0.6 is 0 Å². The molecule has 1 fully saturated rings. The number of amides is 1. The Hall–Kier alpha value is -5.37. The monoisotopic (exact) mass is 539 g/mol. The predicted octanol–water partition coefficient (Wildman–Crippen LogP) is 7.72. The van der Waals surface area contributed by atoms with Crippen LogP contribution in [-0.2, 0) is 5.54 Å². The van der Waals surface area contributed by atoms with Gasteiger partial charge in [-0.3, -0.25) is 4.57 Å². The van der Waals surface area contributed by atoms with Crippen LogP contribution in [0.5, 0.6) is 0 Å². The summed E-state index contributed by atoms with van der Waals surface area (Å²) >= 11 is 0. The lowest BCUT2D eigenvalue weighted by Gasteiger charge is -2.42. The summed E-state index contributed by atoms with van der Waals surface area (Å²) in [5.74, 6) is 2.17. The van der Waals surface area contributed by atoms with E-state index in [-0.39, 0.29) is 0 Å². The molecular formula is C33H25N5O3. The van der Waals surface area contributed by atoms with Crippen molar-refractivity contribution in [2.45, 2.75) is 24.8 Å². The Kier molecular flexibility index (Phi) is 5.06. The van der Waals surface area contributed by atoms with E-state index in [1.54, 1.807) is 6.20 Å². The molecule has 2 aliphatic rings. The number of hydrogen-bond acceptors (Lipinski definition) is 5. The summed E-state index contributed by atoms with van der Waals surface area (Å²) in [7, 11) is 0. The van der Waals surface area contributed by atoms with Crippen molar-refractivity contribution in [1.82, 2.24) is 19.9 Å². The molecule has 8 heteroatoms. The van der Waals surface area contributed by atoms with Crippen LogP contribution in [0.15, 0.2) is 102 Å². The highest BCUT2D eigenvalue weighted by molar-refractivity contribution is 5.92. The molecule has 0 unspecified atom stereocenters. The molecule has 200 valence electrons. The number of furan rings is 1. The number of anilines is 2. The van der Waals surface area contributed by atoms with Crippen LogP contribution in [0, 0.1) is 0 Å². The zero-order valence-electron chi connectivity index (χ0n) is 22.0. The fourth-order valence-corrected chi connectivity index (χ4v) is 6.13. The van der Waals surface area contributed by atoms with E-state index in [4.69, 9.17) is 9.40 Å². The normalized spacial score (nSPS) is 14.6. The first-order valence-corrected chi connectivity index (χ1v) is 13.7. The standard InChI is InChI=1S/C33H25N5O3/c39-32(40)37-33(16-6-17-33)22-14-12-20(13-15-22)29-28(27-19-21-7-1-4-11-26(21)41-27)36-31-23-8-2-3-9-24(23)35-30-25(38(29)31)10-5-18-34-30/h1-5,7-15,18-19,37H,6,16-17H2,(H,34,35)(H,39,40). The van der Waals surface area contributed by atoms with Crippen LogP contribution in [0.25, 0.3) is 50.8 Å². The molecule has 3 aromatic carbocycles. The fraction of sp³-hybridized carbons (Fsp3) is 0.121. The Morgan fingerprint density at radius 1 is 0.976 bits per heavy atom. The minimum absolute atomic E-state index is 0.542. The minimum atomic E-state index is -1.00. The summed E-state index contributed by atoms with van der Waals surface area (Å²) < 4.78 is 8.51. The van der Waals surface area contributed by atoms with E-state index >= 15 is 0 Å². The number of benzene rings is 3. The summed E-state index contributed by atoms with van der Waals surface area (Å²) in [4.78, 5) is 21.5. The number of imidazole rings is 1. The lowest BCUT2D eigenvalue weighted by molar-refractivity contribution is 0.144. The molecule has 0 spiro atoms. The van der Waals surface area contributed by atoms with Crippen molar-refractivity contribution in [2.24, 2.45) is 0 Å². The number of para-hydroxylation sites is 2. The average Bonchev–Trinajstić information content (AvgIpc) is 3.54. The maximum absolute atomic E-state index is 11.6. The number of pyridine rings is 1. The molecule has 0 radical (unpaired) electrons. The molecule has 1 aliphatic heterocycles. The van der Waals surface area contributed by atoms with Gasteiger partial charge >= 0.3 is 6.09 Å². The maximum Gasteiger partial charge on any atom is 0.405 e. The summed E-state index contributed by atoms with van der Waals surface area (Å²) in [6.07, 6.45) is 3.33. The molecule has 4 heterocycles.